The number of anilines is 5. The SMILES string of the molecule is CC(C)(C)c1ccc2c(c1)N(c1cccc3c1C1CC=CC=C1O3)c1cc(N3c4ccc(C(C)(C)C)cc4C4(C)CCCCC34C)cc3c1B2c1cccc2c4oc5ccccc5c4n-3c12. The lowest BCUT2D eigenvalue weighted by molar-refractivity contribution is 0.195. The van der Waals surface area contributed by atoms with Crippen molar-refractivity contribution in [1.29, 1.82) is 0 Å². The summed E-state index contributed by atoms with van der Waals surface area (Å²) in [6.45, 7) is 19.3. The minimum atomic E-state index is -0.145. The maximum atomic E-state index is 6.92. The first-order valence-corrected chi connectivity index (χ1v) is 24.4. The summed E-state index contributed by atoms with van der Waals surface area (Å²) in [5, 5.41) is 2.31. The van der Waals surface area contributed by atoms with E-state index < -0.39 is 0 Å². The number of rotatable bonds is 2. The van der Waals surface area contributed by atoms with Gasteiger partial charge in [-0.3, -0.25) is 0 Å². The zero-order valence-corrected chi connectivity index (χ0v) is 39.5. The standard InChI is InChI=1S/C60H56BN3O2/c1-57(2,3)35-26-28-44-41(31-35)59(7)29-13-14-30-60(59,8)64(44)37-33-47-53-48(34-37)63-54-40(56-55(63)39-18-10-12-23-50(39)66-56)19-15-20-43(54)61(53)42-27-25-36(58(4,5)6)32-46(42)62(47)45-21-16-24-51-52(45)38-17-9-11-22-49(38)65-51/h9-12,15-16,18-28,31-34,38H,13-14,17,29-30H2,1-8H3. The maximum absolute atomic E-state index is 6.92. The van der Waals surface area contributed by atoms with Crippen molar-refractivity contribution >= 4 is 84.5 Å². The molecule has 5 nitrogen and oxygen atoms in total. The molecule has 2 aliphatic carbocycles. The van der Waals surface area contributed by atoms with Crippen LogP contribution in [0.15, 0.2) is 138 Å². The monoisotopic (exact) mass is 861 g/mol. The third-order valence-corrected chi connectivity index (χ3v) is 17.2. The molecule has 6 aliphatic rings. The molecule has 0 radical (unpaired) electrons. The van der Waals surface area contributed by atoms with Crippen molar-refractivity contribution in [2.75, 3.05) is 9.80 Å². The average Bonchev–Trinajstić information content (AvgIpc) is 4.02. The number of aromatic nitrogens is 1. The molecule has 6 heteroatoms. The number of hydrogen-bond acceptors (Lipinski definition) is 4. The maximum Gasteiger partial charge on any atom is 0.252 e. The Hall–Kier alpha value is -6.40. The lowest BCUT2D eigenvalue weighted by atomic mass is 9.33. The number of furan rings is 1. The van der Waals surface area contributed by atoms with Gasteiger partial charge in [-0.05, 0) is 131 Å². The molecule has 2 aromatic heterocycles. The number of fused-ring (bicyclic) bond motifs is 15. The first-order chi connectivity index (χ1) is 31.7. The fraction of sp³-hybridized carbons (Fsp3) is 0.300. The van der Waals surface area contributed by atoms with Crippen LogP contribution < -0.4 is 30.9 Å². The van der Waals surface area contributed by atoms with Crippen LogP contribution in [-0.4, -0.2) is 16.8 Å². The molecule has 6 aromatic carbocycles. The Labute approximate surface area is 388 Å². The van der Waals surface area contributed by atoms with Crippen LogP contribution in [0.25, 0.3) is 38.7 Å². The summed E-state index contributed by atoms with van der Waals surface area (Å²) in [5.41, 5.74) is 21.1. The van der Waals surface area contributed by atoms with Crippen LogP contribution in [0.2, 0.25) is 0 Å². The van der Waals surface area contributed by atoms with E-state index >= 15 is 0 Å². The molecule has 326 valence electrons. The number of nitrogens with zero attached hydrogens (tertiary/aromatic N) is 3. The van der Waals surface area contributed by atoms with E-state index in [-0.39, 0.29) is 34.4 Å². The Kier molecular flexibility index (Phi) is 7.49. The highest BCUT2D eigenvalue weighted by molar-refractivity contribution is 7.00. The van der Waals surface area contributed by atoms with Gasteiger partial charge in [0.2, 0.25) is 0 Å². The van der Waals surface area contributed by atoms with Crippen LogP contribution in [0.5, 0.6) is 5.75 Å². The van der Waals surface area contributed by atoms with E-state index in [0.29, 0.717) is 0 Å². The second-order valence-electron chi connectivity index (χ2n) is 22.8. The molecule has 1 saturated carbocycles. The molecule has 0 N–H and O–H groups in total. The highest BCUT2D eigenvalue weighted by atomic mass is 16.5. The Morgan fingerprint density at radius 3 is 2.27 bits per heavy atom. The van der Waals surface area contributed by atoms with Crippen LogP contribution in [0.4, 0.5) is 28.4 Å². The molecule has 0 spiro atoms. The molecule has 0 bridgehead atoms. The topological polar surface area (TPSA) is 33.8 Å². The molecule has 6 heterocycles. The number of allylic oxidation sites excluding steroid dienone is 4. The summed E-state index contributed by atoms with van der Waals surface area (Å²) in [6.07, 6.45) is 12.3. The third kappa shape index (κ3) is 4.82. The van der Waals surface area contributed by atoms with Crippen molar-refractivity contribution in [3.8, 4) is 11.4 Å². The van der Waals surface area contributed by atoms with Gasteiger partial charge in [0.15, 0.2) is 5.58 Å². The Bertz CT molecular complexity index is 3540. The van der Waals surface area contributed by atoms with E-state index in [1.807, 2.05) is 0 Å². The Morgan fingerprint density at radius 1 is 0.667 bits per heavy atom. The van der Waals surface area contributed by atoms with Crippen molar-refractivity contribution in [2.45, 2.75) is 115 Å². The van der Waals surface area contributed by atoms with Gasteiger partial charge in [0.1, 0.15) is 22.6 Å². The molecule has 8 aromatic rings. The molecule has 0 amide bonds. The quantitative estimate of drug-likeness (QED) is 0.162. The summed E-state index contributed by atoms with van der Waals surface area (Å²) in [5.74, 6) is 2.16. The lowest BCUT2D eigenvalue weighted by Gasteiger charge is -2.51. The summed E-state index contributed by atoms with van der Waals surface area (Å²) in [4.78, 5) is 5.46. The average molecular weight is 862 g/mol. The van der Waals surface area contributed by atoms with Crippen molar-refractivity contribution in [3.63, 3.8) is 0 Å². The predicted octanol–water partition coefficient (Wildman–Crippen LogP) is 13.8. The third-order valence-electron chi connectivity index (χ3n) is 17.2. The summed E-state index contributed by atoms with van der Waals surface area (Å²) >= 11 is 0. The van der Waals surface area contributed by atoms with Gasteiger partial charge in [-0.2, -0.15) is 0 Å². The van der Waals surface area contributed by atoms with Gasteiger partial charge in [0.05, 0.1) is 22.7 Å². The Balaban J connectivity index is 1.14. The molecule has 66 heavy (non-hydrogen) atoms. The van der Waals surface area contributed by atoms with Crippen molar-refractivity contribution in [3.05, 3.63) is 155 Å². The van der Waals surface area contributed by atoms with Gasteiger partial charge >= 0.3 is 0 Å². The number of para-hydroxylation sites is 2. The minimum absolute atomic E-state index is 0.00242. The van der Waals surface area contributed by atoms with Crippen LogP contribution in [-0.2, 0) is 16.2 Å². The van der Waals surface area contributed by atoms with Crippen LogP contribution in [0.1, 0.15) is 116 Å². The van der Waals surface area contributed by atoms with E-state index in [9.17, 15) is 0 Å². The number of hydrogen-bond donors (Lipinski definition) is 0. The molecular weight excluding hydrogens is 805 g/mol. The van der Waals surface area contributed by atoms with Crippen molar-refractivity contribution in [2.24, 2.45) is 0 Å². The lowest BCUT2D eigenvalue weighted by Crippen LogP contribution is -2.60. The van der Waals surface area contributed by atoms with Gasteiger partial charge in [-0.15, -0.1) is 0 Å². The van der Waals surface area contributed by atoms with E-state index in [4.69, 9.17) is 9.15 Å². The van der Waals surface area contributed by atoms with Crippen molar-refractivity contribution < 1.29 is 9.15 Å². The second kappa shape index (κ2) is 12.7. The molecule has 0 saturated heterocycles. The van der Waals surface area contributed by atoms with Crippen LogP contribution in [0, 0.1) is 0 Å². The number of benzene rings is 6. The summed E-state index contributed by atoms with van der Waals surface area (Å²) in [6, 6.07) is 42.3. The zero-order chi connectivity index (χ0) is 44.8. The largest absolute Gasteiger partial charge is 0.461 e. The highest BCUT2D eigenvalue weighted by Gasteiger charge is 2.58. The normalized spacial score (nSPS) is 22.3. The van der Waals surface area contributed by atoms with Crippen molar-refractivity contribution in [1.82, 2.24) is 4.57 Å². The van der Waals surface area contributed by atoms with Gasteiger partial charge < -0.3 is 23.5 Å². The molecule has 3 unspecified atom stereocenters. The fourth-order valence-corrected chi connectivity index (χ4v) is 13.6. The fourth-order valence-electron chi connectivity index (χ4n) is 13.6. The van der Waals surface area contributed by atoms with Gasteiger partial charge in [-0.1, -0.05) is 128 Å². The first kappa shape index (κ1) is 38.8. The molecule has 4 aliphatic heterocycles. The Morgan fingerprint density at radius 2 is 1.42 bits per heavy atom. The van der Waals surface area contributed by atoms with Gasteiger partial charge in [0.25, 0.3) is 6.71 Å². The zero-order valence-electron chi connectivity index (χ0n) is 39.5. The van der Waals surface area contributed by atoms with E-state index in [2.05, 4.69) is 197 Å². The van der Waals surface area contributed by atoms with E-state index in [1.165, 1.54) is 103 Å². The smallest absolute Gasteiger partial charge is 0.252 e. The number of ether oxygens (including phenoxy) is 1. The van der Waals surface area contributed by atoms with E-state index in [0.717, 1.165) is 46.4 Å². The van der Waals surface area contributed by atoms with E-state index in [1.54, 1.807) is 0 Å². The van der Waals surface area contributed by atoms with Crippen LogP contribution in [0.3, 0.4) is 0 Å². The first-order valence-electron chi connectivity index (χ1n) is 24.4. The summed E-state index contributed by atoms with van der Waals surface area (Å²) in [7, 11) is 0. The minimum Gasteiger partial charge on any atom is -0.461 e. The van der Waals surface area contributed by atoms with Crippen LogP contribution >= 0.6 is 0 Å². The van der Waals surface area contributed by atoms with Gasteiger partial charge in [-0.25, -0.2) is 0 Å². The molecule has 3 atom stereocenters. The second-order valence-corrected chi connectivity index (χ2v) is 22.8. The predicted molar refractivity (Wildman–Crippen MR) is 275 cm³/mol. The summed E-state index contributed by atoms with van der Waals surface area (Å²) < 4.78 is 16.3. The molecule has 1 fully saturated rings. The molecule has 14 rings (SSSR count). The van der Waals surface area contributed by atoms with Gasteiger partial charge in [0, 0.05) is 50.2 Å². The molecular formula is C60H56BN3O2. The highest BCUT2D eigenvalue weighted by Crippen LogP contribution is 2.62.